The highest BCUT2D eigenvalue weighted by molar-refractivity contribution is 7.80. The third-order valence-corrected chi connectivity index (χ3v) is 6.42. The molecule has 4 nitrogen and oxygen atoms in total. The molecule has 1 atom stereocenters. The van der Waals surface area contributed by atoms with Crippen LogP contribution in [0, 0.1) is 26.7 Å². The minimum Gasteiger partial charge on any atom is -0.465 e. The molecular formula is C21H26N2O2S2. The molecule has 1 aromatic heterocycles. The van der Waals surface area contributed by atoms with Gasteiger partial charge in [0.1, 0.15) is 5.00 Å². The Kier molecular flexibility index (Phi) is 5.86. The van der Waals surface area contributed by atoms with Gasteiger partial charge in [0.15, 0.2) is 5.11 Å². The molecule has 1 aromatic carbocycles. The van der Waals surface area contributed by atoms with Crippen molar-refractivity contribution in [3.63, 3.8) is 0 Å². The van der Waals surface area contributed by atoms with Crippen LogP contribution in [0.4, 0.5) is 10.7 Å². The lowest BCUT2D eigenvalue weighted by Crippen LogP contribution is -2.21. The van der Waals surface area contributed by atoms with Gasteiger partial charge in [-0.15, -0.1) is 11.3 Å². The van der Waals surface area contributed by atoms with Gasteiger partial charge in [-0.1, -0.05) is 24.6 Å². The number of rotatable bonds is 3. The van der Waals surface area contributed by atoms with Crippen molar-refractivity contribution >= 4 is 45.3 Å². The van der Waals surface area contributed by atoms with E-state index in [0.29, 0.717) is 16.6 Å². The number of aryl methyl sites for hydroxylation is 3. The van der Waals surface area contributed by atoms with E-state index in [9.17, 15) is 4.79 Å². The summed E-state index contributed by atoms with van der Waals surface area (Å²) in [6.07, 6.45) is 3.01. The van der Waals surface area contributed by atoms with E-state index in [4.69, 9.17) is 17.0 Å². The first-order valence-electron chi connectivity index (χ1n) is 9.18. The third-order valence-electron chi connectivity index (χ3n) is 5.04. The Labute approximate surface area is 170 Å². The van der Waals surface area contributed by atoms with Crippen LogP contribution in [-0.2, 0) is 17.6 Å². The monoisotopic (exact) mass is 402 g/mol. The molecule has 2 aromatic rings. The molecule has 27 heavy (non-hydrogen) atoms. The van der Waals surface area contributed by atoms with Crippen molar-refractivity contribution in [3.8, 4) is 0 Å². The number of carbonyl (C=O) groups excluding carboxylic acids is 1. The van der Waals surface area contributed by atoms with Crippen LogP contribution in [0.5, 0.6) is 0 Å². The van der Waals surface area contributed by atoms with Gasteiger partial charge in [-0.2, -0.15) is 0 Å². The van der Waals surface area contributed by atoms with Crippen molar-refractivity contribution < 1.29 is 9.53 Å². The van der Waals surface area contributed by atoms with E-state index in [-0.39, 0.29) is 5.97 Å². The number of methoxy groups -OCH3 is 1. The topological polar surface area (TPSA) is 50.4 Å². The molecule has 0 saturated carbocycles. The number of hydrogen-bond donors (Lipinski definition) is 2. The zero-order valence-corrected chi connectivity index (χ0v) is 18.1. The van der Waals surface area contributed by atoms with E-state index in [2.05, 4.69) is 50.5 Å². The summed E-state index contributed by atoms with van der Waals surface area (Å²) < 4.78 is 5.04. The molecule has 2 N–H and O–H groups in total. The highest BCUT2D eigenvalue weighted by Crippen LogP contribution is 2.40. The standard InChI is InChI=1S/C21H26N2O2S2/c1-11-6-7-15-16(10-11)27-19(17(15)20(24)25-5)23-21(26)22-18-13(3)8-12(2)9-14(18)4/h8-9,11H,6-7,10H2,1-5H3,(H2,22,23,26). The van der Waals surface area contributed by atoms with Gasteiger partial charge in [0, 0.05) is 10.6 Å². The number of thiophene rings is 1. The van der Waals surface area contributed by atoms with Gasteiger partial charge in [-0.05, 0) is 74.9 Å². The Balaban J connectivity index is 1.87. The highest BCUT2D eigenvalue weighted by atomic mass is 32.1. The summed E-state index contributed by atoms with van der Waals surface area (Å²) in [5.74, 6) is 0.340. The fourth-order valence-electron chi connectivity index (χ4n) is 3.78. The fourth-order valence-corrected chi connectivity index (χ4v) is 5.45. The van der Waals surface area contributed by atoms with Crippen LogP contribution in [0.3, 0.4) is 0 Å². The van der Waals surface area contributed by atoms with Gasteiger partial charge in [0.05, 0.1) is 12.7 Å². The second-order valence-electron chi connectivity index (χ2n) is 7.40. The largest absolute Gasteiger partial charge is 0.465 e. The van der Waals surface area contributed by atoms with Crippen molar-refractivity contribution in [3.05, 3.63) is 44.8 Å². The number of carbonyl (C=O) groups is 1. The maximum absolute atomic E-state index is 12.4. The molecule has 0 radical (unpaired) electrons. The van der Waals surface area contributed by atoms with Crippen LogP contribution in [0.25, 0.3) is 0 Å². The summed E-state index contributed by atoms with van der Waals surface area (Å²) in [6.45, 7) is 8.47. The average molecular weight is 403 g/mol. The van der Waals surface area contributed by atoms with Crippen molar-refractivity contribution in [2.45, 2.75) is 47.0 Å². The van der Waals surface area contributed by atoms with Crippen LogP contribution in [0.15, 0.2) is 12.1 Å². The van der Waals surface area contributed by atoms with Crippen molar-refractivity contribution in [2.75, 3.05) is 17.7 Å². The Morgan fingerprint density at radius 2 is 1.89 bits per heavy atom. The Morgan fingerprint density at radius 3 is 2.52 bits per heavy atom. The lowest BCUT2D eigenvalue weighted by molar-refractivity contribution is 0.0601. The SMILES string of the molecule is COC(=O)c1c(NC(=S)Nc2c(C)cc(C)cc2C)sc2c1CCC(C)C2. The van der Waals surface area contributed by atoms with Crippen LogP contribution in [0.2, 0.25) is 0 Å². The van der Waals surface area contributed by atoms with Gasteiger partial charge in [-0.25, -0.2) is 4.79 Å². The van der Waals surface area contributed by atoms with Gasteiger partial charge in [0.25, 0.3) is 0 Å². The molecule has 6 heteroatoms. The van der Waals surface area contributed by atoms with E-state index < -0.39 is 0 Å². The summed E-state index contributed by atoms with van der Waals surface area (Å²) >= 11 is 7.17. The van der Waals surface area contributed by atoms with Gasteiger partial charge < -0.3 is 15.4 Å². The summed E-state index contributed by atoms with van der Waals surface area (Å²) in [7, 11) is 1.43. The van der Waals surface area contributed by atoms with Crippen LogP contribution < -0.4 is 10.6 Å². The first kappa shape index (κ1) is 19.8. The Hall–Kier alpha value is -1.92. The molecular weight excluding hydrogens is 376 g/mol. The van der Waals surface area contributed by atoms with Gasteiger partial charge in [-0.3, -0.25) is 0 Å². The van der Waals surface area contributed by atoms with Crippen molar-refractivity contribution in [1.82, 2.24) is 0 Å². The average Bonchev–Trinajstić information content (AvgIpc) is 2.94. The quantitative estimate of drug-likeness (QED) is 0.532. The number of anilines is 2. The summed E-state index contributed by atoms with van der Waals surface area (Å²) in [6, 6.07) is 4.26. The third kappa shape index (κ3) is 4.17. The van der Waals surface area contributed by atoms with Crippen molar-refractivity contribution in [2.24, 2.45) is 5.92 Å². The van der Waals surface area contributed by atoms with Crippen molar-refractivity contribution in [1.29, 1.82) is 0 Å². The number of thiocarbonyl (C=S) groups is 1. The van der Waals surface area contributed by atoms with E-state index in [1.54, 1.807) is 11.3 Å². The Morgan fingerprint density at radius 1 is 1.22 bits per heavy atom. The van der Waals surface area contributed by atoms with Crippen LogP contribution in [0.1, 0.15) is 50.8 Å². The maximum atomic E-state index is 12.4. The number of esters is 1. The molecule has 1 unspecified atom stereocenters. The predicted molar refractivity (Wildman–Crippen MR) is 117 cm³/mol. The van der Waals surface area contributed by atoms with E-state index >= 15 is 0 Å². The number of fused-ring (bicyclic) bond motifs is 1. The minimum absolute atomic E-state index is 0.296. The first-order chi connectivity index (χ1) is 12.8. The molecule has 3 rings (SSSR count). The second-order valence-corrected chi connectivity index (χ2v) is 8.91. The van der Waals surface area contributed by atoms with Gasteiger partial charge in [0.2, 0.25) is 0 Å². The Bertz CT molecular complexity index is 879. The molecule has 1 heterocycles. The normalized spacial score (nSPS) is 15.8. The molecule has 144 valence electrons. The highest BCUT2D eigenvalue weighted by Gasteiger charge is 2.28. The molecule has 0 aliphatic heterocycles. The molecule has 0 bridgehead atoms. The zero-order valence-electron chi connectivity index (χ0n) is 16.5. The van der Waals surface area contributed by atoms with Crippen LogP contribution >= 0.6 is 23.6 Å². The number of nitrogens with one attached hydrogen (secondary N) is 2. The van der Waals surface area contributed by atoms with Crippen LogP contribution in [-0.4, -0.2) is 18.2 Å². The molecule has 0 spiro atoms. The first-order valence-corrected chi connectivity index (χ1v) is 10.4. The smallest absolute Gasteiger partial charge is 0.341 e. The zero-order chi connectivity index (χ0) is 19.7. The summed E-state index contributed by atoms with van der Waals surface area (Å²) in [4.78, 5) is 13.7. The molecule has 0 fully saturated rings. The predicted octanol–water partition coefficient (Wildman–Crippen LogP) is 5.39. The second kappa shape index (κ2) is 7.98. The lowest BCUT2D eigenvalue weighted by Gasteiger charge is -2.18. The molecule has 1 aliphatic rings. The minimum atomic E-state index is -0.296. The van der Waals surface area contributed by atoms with E-state index in [0.717, 1.165) is 46.6 Å². The summed E-state index contributed by atoms with van der Waals surface area (Å²) in [5.41, 5.74) is 6.28. The van der Waals surface area contributed by atoms with Gasteiger partial charge >= 0.3 is 5.97 Å². The lowest BCUT2D eigenvalue weighted by atomic mass is 9.88. The molecule has 1 aliphatic carbocycles. The molecule has 0 amide bonds. The number of benzene rings is 1. The molecule has 0 saturated heterocycles. The number of hydrogen-bond acceptors (Lipinski definition) is 4. The van der Waals surface area contributed by atoms with E-state index in [1.165, 1.54) is 17.6 Å². The van der Waals surface area contributed by atoms with E-state index in [1.807, 2.05) is 0 Å². The maximum Gasteiger partial charge on any atom is 0.341 e. The number of ether oxygens (including phenoxy) is 1. The fraction of sp³-hybridized carbons (Fsp3) is 0.429. The summed E-state index contributed by atoms with van der Waals surface area (Å²) in [5, 5.41) is 7.82.